The van der Waals surface area contributed by atoms with Crippen LogP contribution in [0.3, 0.4) is 0 Å². The van der Waals surface area contributed by atoms with Crippen LogP contribution in [-0.2, 0) is 4.74 Å². The molecule has 3 heteroatoms. The largest absolute Gasteiger partial charge is 0.385 e. The minimum Gasteiger partial charge on any atom is -0.385 e. The highest BCUT2D eigenvalue weighted by Crippen LogP contribution is 2.34. The second kappa shape index (κ2) is 7.34. The van der Waals surface area contributed by atoms with E-state index in [1.165, 1.54) is 38.5 Å². The van der Waals surface area contributed by atoms with Crippen LogP contribution in [0.15, 0.2) is 0 Å². The maximum absolute atomic E-state index is 6.50. The van der Waals surface area contributed by atoms with Crippen molar-refractivity contribution in [2.75, 3.05) is 27.8 Å². The van der Waals surface area contributed by atoms with E-state index in [0.717, 1.165) is 19.4 Å². The Kier molecular flexibility index (Phi) is 6.45. The van der Waals surface area contributed by atoms with E-state index < -0.39 is 0 Å². The highest BCUT2D eigenvalue weighted by Gasteiger charge is 2.38. The van der Waals surface area contributed by atoms with E-state index >= 15 is 0 Å². The Bertz CT molecular complexity index is 198. The molecular formula is C14H30N2O. The molecule has 1 aliphatic carbocycles. The van der Waals surface area contributed by atoms with Gasteiger partial charge in [-0.25, -0.2) is 0 Å². The maximum atomic E-state index is 6.50. The van der Waals surface area contributed by atoms with E-state index in [4.69, 9.17) is 10.5 Å². The molecule has 0 heterocycles. The summed E-state index contributed by atoms with van der Waals surface area (Å²) in [5.74, 6) is 0. The zero-order valence-electron chi connectivity index (χ0n) is 11.9. The molecule has 0 amide bonds. The van der Waals surface area contributed by atoms with Gasteiger partial charge in [-0.2, -0.15) is 0 Å². The van der Waals surface area contributed by atoms with Crippen molar-refractivity contribution < 1.29 is 4.74 Å². The van der Waals surface area contributed by atoms with E-state index in [0.29, 0.717) is 0 Å². The molecule has 17 heavy (non-hydrogen) atoms. The Labute approximate surface area is 107 Å². The average Bonchev–Trinajstić information content (AvgIpc) is 2.55. The lowest BCUT2D eigenvalue weighted by Crippen LogP contribution is -2.57. The summed E-state index contributed by atoms with van der Waals surface area (Å²) in [4.78, 5) is 2.38. The number of likely N-dealkylation sites (N-methyl/N-ethyl adjacent to an activating group) is 1. The molecule has 1 saturated carbocycles. The van der Waals surface area contributed by atoms with Crippen LogP contribution in [0.25, 0.3) is 0 Å². The van der Waals surface area contributed by atoms with Gasteiger partial charge in [0.2, 0.25) is 0 Å². The first-order chi connectivity index (χ1) is 8.13. The smallest absolute Gasteiger partial charge is 0.0462 e. The zero-order valence-corrected chi connectivity index (χ0v) is 11.9. The summed E-state index contributed by atoms with van der Waals surface area (Å²) >= 11 is 0. The molecule has 0 bridgehead atoms. The van der Waals surface area contributed by atoms with E-state index in [2.05, 4.69) is 19.0 Å². The molecular weight excluding hydrogens is 212 g/mol. The topological polar surface area (TPSA) is 38.5 Å². The Hall–Kier alpha value is -0.120. The first kappa shape index (κ1) is 14.9. The number of rotatable bonds is 6. The number of hydrogen-bond donors (Lipinski definition) is 1. The summed E-state index contributed by atoms with van der Waals surface area (Å²) in [6.45, 7) is 0.831. The van der Waals surface area contributed by atoms with Gasteiger partial charge in [-0.1, -0.05) is 25.7 Å². The number of hydrogen-bond acceptors (Lipinski definition) is 3. The second-order valence-electron chi connectivity index (χ2n) is 5.65. The Morgan fingerprint density at radius 1 is 1.18 bits per heavy atom. The van der Waals surface area contributed by atoms with Crippen LogP contribution in [-0.4, -0.2) is 44.3 Å². The van der Waals surface area contributed by atoms with Crippen molar-refractivity contribution in [3.8, 4) is 0 Å². The van der Waals surface area contributed by atoms with E-state index in [1.54, 1.807) is 7.11 Å². The summed E-state index contributed by atoms with van der Waals surface area (Å²) in [5, 5.41) is 0. The fourth-order valence-corrected chi connectivity index (χ4v) is 3.21. The zero-order chi connectivity index (χ0) is 12.7. The summed E-state index contributed by atoms with van der Waals surface area (Å²) < 4.78 is 5.13. The Balaban J connectivity index is 2.61. The lowest BCUT2D eigenvalue weighted by molar-refractivity contribution is 0.0872. The Morgan fingerprint density at radius 3 is 2.24 bits per heavy atom. The van der Waals surface area contributed by atoms with E-state index in [1.807, 2.05) is 0 Å². The summed E-state index contributed by atoms with van der Waals surface area (Å²) in [7, 11) is 6.15. The van der Waals surface area contributed by atoms with E-state index in [9.17, 15) is 0 Å². The first-order valence-electron chi connectivity index (χ1n) is 7.05. The van der Waals surface area contributed by atoms with Gasteiger partial charge < -0.3 is 15.4 Å². The van der Waals surface area contributed by atoms with Crippen molar-refractivity contribution in [1.29, 1.82) is 0 Å². The van der Waals surface area contributed by atoms with Crippen LogP contribution in [0, 0.1) is 0 Å². The average molecular weight is 242 g/mol. The van der Waals surface area contributed by atoms with Crippen LogP contribution in [0.5, 0.6) is 0 Å². The van der Waals surface area contributed by atoms with Crippen molar-refractivity contribution >= 4 is 0 Å². The highest BCUT2D eigenvalue weighted by atomic mass is 16.5. The number of ether oxygens (including phenoxy) is 1. The monoisotopic (exact) mass is 242 g/mol. The molecule has 0 saturated heterocycles. The maximum Gasteiger partial charge on any atom is 0.0462 e. The molecule has 1 atom stereocenters. The summed E-state index contributed by atoms with van der Waals surface area (Å²) in [5.41, 5.74) is 6.72. The molecule has 1 fully saturated rings. The molecule has 1 rings (SSSR count). The lowest BCUT2D eigenvalue weighted by atomic mass is 9.80. The number of methoxy groups -OCH3 is 1. The number of nitrogens with two attached hydrogens (primary N) is 1. The van der Waals surface area contributed by atoms with Gasteiger partial charge in [-0.15, -0.1) is 0 Å². The molecule has 1 aliphatic rings. The van der Waals surface area contributed by atoms with Gasteiger partial charge in [0, 0.05) is 25.3 Å². The summed E-state index contributed by atoms with van der Waals surface area (Å²) in [6, 6.07) is 0.283. The minimum atomic E-state index is 0.226. The SMILES string of the molecule is COCCCC(N)C1(N(C)C)CCCCCC1. The molecule has 3 nitrogen and oxygen atoms in total. The van der Waals surface area contributed by atoms with Crippen molar-refractivity contribution in [2.24, 2.45) is 5.73 Å². The molecule has 102 valence electrons. The molecule has 0 radical (unpaired) electrons. The fourth-order valence-electron chi connectivity index (χ4n) is 3.21. The molecule has 0 aromatic heterocycles. The molecule has 0 spiro atoms. The van der Waals surface area contributed by atoms with Gasteiger partial charge in [-0.3, -0.25) is 0 Å². The minimum absolute atomic E-state index is 0.226. The quantitative estimate of drug-likeness (QED) is 0.574. The van der Waals surface area contributed by atoms with Crippen LogP contribution in [0.4, 0.5) is 0 Å². The van der Waals surface area contributed by atoms with Crippen molar-refractivity contribution in [3.05, 3.63) is 0 Å². The second-order valence-corrected chi connectivity index (χ2v) is 5.65. The van der Waals surface area contributed by atoms with Crippen molar-refractivity contribution in [3.63, 3.8) is 0 Å². The third-order valence-electron chi connectivity index (χ3n) is 4.41. The van der Waals surface area contributed by atoms with E-state index in [-0.39, 0.29) is 11.6 Å². The predicted octanol–water partition coefficient (Wildman–Crippen LogP) is 2.39. The predicted molar refractivity (Wildman–Crippen MR) is 73.2 cm³/mol. The van der Waals surface area contributed by atoms with Crippen LogP contribution < -0.4 is 5.73 Å². The van der Waals surface area contributed by atoms with Gasteiger partial charge in [0.15, 0.2) is 0 Å². The van der Waals surface area contributed by atoms with Gasteiger partial charge >= 0.3 is 0 Å². The number of nitrogens with zero attached hydrogens (tertiary/aromatic N) is 1. The van der Waals surface area contributed by atoms with Gasteiger partial charge in [-0.05, 0) is 39.8 Å². The third kappa shape index (κ3) is 3.94. The molecule has 0 aromatic carbocycles. The molecule has 0 aliphatic heterocycles. The van der Waals surface area contributed by atoms with Gasteiger partial charge in [0.05, 0.1) is 0 Å². The Morgan fingerprint density at radius 2 is 1.76 bits per heavy atom. The van der Waals surface area contributed by atoms with Crippen LogP contribution in [0.1, 0.15) is 51.4 Å². The fraction of sp³-hybridized carbons (Fsp3) is 1.00. The lowest BCUT2D eigenvalue weighted by Gasteiger charge is -2.44. The summed E-state index contributed by atoms with van der Waals surface area (Å²) in [6.07, 6.45) is 10.1. The highest BCUT2D eigenvalue weighted by molar-refractivity contribution is 4.98. The van der Waals surface area contributed by atoms with Crippen LogP contribution in [0.2, 0.25) is 0 Å². The van der Waals surface area contributed by atoms with Crippen molar-refractivity contribution in [2.45, 2.75) is 62.9 Å². The molecule has 1 unspecified atom stereocenters. The standard InChI is InChI=1S/C14H30N2O/c1-16(2)14(10-6-4-5-7-11-14)13(15)9-8-12-17-3/h13H,4-12,15H2,1-3H3. The third-order valence-corrected chi connectivity index (χ3v) is 4.41. The van der Waals surface area contributed by atoms with Crippen molar-refractivity contribution in [1.82, 2.24) is 4.90 Å². The van der Waals surface area contributed by atoms with Gasteiger partial charge in [0.25, 0.3) is 0 Å². The molecule has 0 aromatic rings. The first-order valence-corrected chi connectivity index (χ1v) is 7.05. The molecule has 2 N–H and O–H groups in total. The normalized spacial score (nSPS) is 22.4. The van der Waals surface area contributed by atoms with Crippen LogP contribution >= 0.6 is 0 Å². The van der Waals surface area contributed by atoms with Gasteiger partial charge in [0.1, 0.15) is 0 Å².